The first-order chi connectivity index (χ1) is 9.52. The lowest BCUT2D eigenvalue weighted by Gasteiger charge is -2.21. The number of rotatable bonds is 6. The average Bonchev–Trinajstić information content (AvgIpc) is 2.39. The summed E-state index contributed by atoms with van der Waals surface area (Å²) in [5.74, 6) is -2.08. The first-order valence-corrected chi connectivity index (χ1v) is 5.93. The van der Waals surface area contributed by atoms with Gasteiger partial charge in [-0.15, -0.1) is 0 Å². The highest BCUT2D eigenvalue weighted by atomic mass is 16.4. The third-order valence-electron chi connectivity index (χ3n) is 2.99. The Balaban J connectivity index is 3.37. The molecule has 0 amide bonds. The second kappa shape index (κ2) is 7.04. The van der Waals surface area contributed by atoms with Crippen LogP contribution in [0, 0.1) is 0 Å². The molecule has 1 aromatic rings. The summed E-state index contributed by atoms with van der Waals surface area (Å²) in [6.45, 7) is 3.21. The summed E-state index contributed by atoms with van der Waals surface area (Å²) in [5.41, 5.74) is 18.1. The van der Waals surface area contributed by atoms with E-state index >= 15 is 0 Å². The van der Waals surface area contributed by atoms with Crippen LogP contribution in [0.1, 0.15) is 36.9 Å². The fourth-order valence-electron chi connectivity index (χ4n) is 2.06. The van der Waals surface area contributed by atoms with Crippen LogP contribution < -0.4 is 0 Å². The molecule has 1 rings (SSSR count). The van der Waals surface area contributed by atoms with Gasteiger partial charge in [-0.1, -0.05) is 48.3 Å². The fourth-order valence-corrected chi connectivity index (χ4v) is 2.06. The quantitative estimate of drug-likeness (QED) is 0.477. The fraction of sp³-hybridized carbons (Fsp3) is 0.417. The van der Waals surface area contributed by atoms with Gasteiger partial charge < -0.3 is 5.11 Å². The van der Waals surface area contributed by atoms with Crippen molar-refractivity contribution in [2.24, 2.45) is 10.2 Å². The standard InChI is InChI=1S/C12H14N6O2/c1-7(15-17-13)9-5-3-4-6-10(9)11(12(19)20)8(2)16-18-14/h3-8,11H,1-2H3,(H,19,20). The predicted molar refractivity (Wildman–Crippen MR) is 73.0 cm³/mol. The van der Waals surface area contributed by atoms with Gasteiger partial charge in [-0.05, 0) is 22.2 Å². The third-order valence-corrected chi connectivity index (χ3v) is 2.99. The van der Waals surface area contributed by atoms with Crippen molar-refractivity contribution in [2.45, 2.75) is 31.8 Å². The van der Waals surface area contributed by atoms with Crippen molar-refractivity contribution in [1.82, 2.24) is 0 Å². The van der Waals surface area contributed by atoms with Crippen molar-refractivity contribution < 1.29 is 9.90 Å². The highest BCUT2D eigenvalue weighted by molar-refractivity contribution is 5.77. The molecule has 8 nitrogen and oxygen atoms in total. The zero-order valence-corrected chi connectivity index (χ0v) is 11.1. The second-order valence-electron chi connectivity index (χ2n) is 4.27. The van der Waals surface area contributed by atoms with Gasteiger partial charge in [0.2, 0.25) is 0 Å². The van der Waals surface area contributed by atoms with Crippen molar-refractivity contribution in [1.29, 1.82) is 0 Å². The number of carboxylic acids is 1. The Labute approximate surface area is 115 Å². The second-order valence-corrected chi connectivity index (χ2v) is 4.27. The zero-order chi connectivity index (χ0) is 15.1. The number of benzene rings is 1. The maximum Gasteiger partial charge on any atom is 0.311 e. The Morgan fingerprint density at radius 3 is 2.20 bits per heavy atom. The molecule has 3 atom stereocenters. The molecule has 0 bridgehead atoms. The number of carboxylic acid groups (broad SMARTS) is 1. The van der Waals surface area contributed by atoms with E-state index in [9.17, 15) is 9.90 Å². The van der Waals surface area contributed by atoms with Crippen LogP contribution in [-0.4, -0.2) is 17.1 Å². The Morgan fingerprint density at radius 2 is 1.70 bits per heavy atom. The van der Waals surface area contributed by atoms with Gasteiger partial charge in [0.1, 0.15) is 0 Å². The van der Waals surface area contributed by atoms with Gasteiger partial charge in [-0.2, -0.15) is 0 Å². The molecule has 20 heavy (non-hydrogen) atoms. The molecule has 0 aliphatic carbocycles. The molecule has 0 fully saturated rings. The number of azide groups is 2. The molecule has 0 spiro atoms. The maximum absolute atomic E-state index is 11.5. The predicted octanol–water partition coefficient (Wildman–Crippen LogP) is 3.92. The first kappa shape index (κ1) is 15.4. The number of aliphatic carboxylic acids is 1. The third kappa shape index (κ3) is 3.41. The van der Waals surface area contributed by atoms with Crippen LogP contribution in [0.5, 0.6) is 0 Å². The van der Waals surface area contributed by atoms with E-state index in [4.69, 9.17) is 11.1 Å². The summed E-state index contributed by atoms with van der Waals surface area (Å²) in [6.07, 6.45) is 0. The van der Waals surface area contributed by atoms with E-state index in [1.54, 1.807) is 31.2 Å². The van der Waals surface area contributed by atoms with Gasteiger partial charge in [0, 0.05) is 9.82 Å². The monoisotopic (exact) mass is 274 g/mol. The van der Waals surface area contributed by atoms with Crippen LogP contribution in [0.4, 0.5) is 0 Å². The molecular formula is C12H14N6O2. The van der Waals surface area contributed by atoms with Crippen LogP contribution in [0.25, 0.3) is 20.9 Å². The molecule has 0 radical (unpaired) electrons. The normalized spacial score (nSPS) is 14.3. The van der Waals surface area contributed by atoms with Crippen LogP contribution >= 0.6 is 0 Å². The molecule has 0 aliphatic rings. The lowest BCUT2D eigenvalue weighted by molar-refractivity contribution is -0.139. The van der Waals surface area contributed by atoms with E-state index in [0.29, 0.717) is 11.1 Å². The van der Waals surface area contributed by atoms with E-state index in [-0.39, 0.29) is 0 Å². The Hall–Kier alpha value is -2.69. The molecule has 0 heterocycles. The molecule has 0 saturated carbocycles. The molecule has 0 saturated heterocycles. The minimum atomic E-state index is -1.09. The van der Waals surface area contributed by atoms with Crippen LogP contribution in [0.2, 0.25) is 0 Å². The highest BCUT2D eigenvalue weighted by Gasteiger charge is 2.28. The van der Waals surface area contributed by atoms with Gasteiger partial charge in [0.05, 0.1) is 18.0 Å². The lowest BCUT2D eigenvalue weighted by atomic mass is 9.87. The van der Waals surface area contributed by atoms with Crippen LogP contribution in [-0.2, 0) is 4.79 Å². The minimum Gasteiger partial charge on any atom is -0.481 e. The van der Waals surface area contributed by atoms with Gasteiger partial charge in [0.25, 0.3) is 0 Å². The van der Waals surface area contributed by atoms with E-state index in [1.807, 2.05) is 0 Å². The number of carbonyl (C=O) groups is 1. The van der Waals surface area contributed by atoms with E-state index < -0.39 is 24.0 Å². The van der Waals surface area contributed by atoms with Gasteiger partial charge >= 0.3 is 5.97 Å². The molecular weight excluding hydrogens is 260 g/mol. The van der Waals surface area contributed by atoms with Crippen molar-refractivity contribution in [3.05, 3.63) is 56.3 Å². The lowest BCUT2D eigenvalue weighted by Crippen LogP contribution is -2.23. The molecule has 3 unspecified atom stereocenters. The molecule has 0 aliphatic heterocycles. The Kier molecular flexibility index (Phi) is 5.41. The van der Waals surface area contributed by atoms with E-state index in [2.05, 4.69) is 20.1 Å². The van der Waals surface area contributed by atoms with Gasteiger partial charge in [0.15, 0.2) is 0 Å². The van der Waals surface area contributed by atoms with Crippen molar-refractivity contribution in [2.75, 3.05) is 0 Å². The largest absolute Gasteiger partial charge is 0.481 e. The molecule has 1 N–H and O–H groups in total. The minimum absolute atomic E-state index is 0.486. The number of nitrogens with zero attached hydrogens (tertiary/aromatic N) is 6. The topological polar surface area (TPSA) is 135 Å². The molecule has 8 heteroatoms. The highest BCUT2D eigenvalue weighted by Crippen LogP contribution is 2.31. The van der Waals surface area contributed by atoms with Crippen molar-refractivity contribution >= 4 is 5.97 Å². The first-order valence-electron chi connectivity index (χ1n) is 5.93. The van der Waals surface area contributed by atoms with Crippen LogP contribution in [0.3, 0.4) is 0 Å². The van der Waals surface area contributed by atoms with Crippen molar-refractivity contribution in [3.63, 3.8) is 0 Å². The molecule has 0 aromatic heterocycles. The SMILES string of the molecule is CC(N=[N+]=[N-])c1ccccc1C(C(=O)O)C(C)N=[N+]=[N-]. The summed E-state index contributed by atoms with van der Waals surface area (Å²) >= 11 is 0. The number of hydrogen-bond acceptors (Lipinski definition) is 3. The van der Waals surface area contributed by atoms with E-state index in [0.717, 1.165) is 0 Å². The summed E-state index contributed by atoms with van der Waals surface area (Å²) < 4.78 is 0. The maximum atomic E-state index is 11.5. The van der Waals surface area contributed by atoms with Crippen molar-refractivity contribution in [3.8, 4) is 0 Å². The van der Waals surface area contributed by atoms with E-state index in [1.165, 1.54) is 6.92 Å². The number of hydrogen-bond donors (Lipinski definition) is 1. The van der Waals surface area contributed by atoms with Crippen LogP contribution in [0.15, 0.2) is 34.5 Å². The van der Waals surface area contributed by atoms with Gasteiger partial charge in [-0.25, -0.2) is 0 Å². The summed E-state index contributed by atoms with van der Waals surface area (Å²) in [5, 5.41) is 16.4. The summed E-state index contributed by atoms with van der Waals surface area (Å²) in [6, 6.07) is 5.52. The molecule has 104 valence electrons. The van der Waals surface area contributed by atoms with Gasteiger partial charge in [-0.3, -0.25) is 4.79 Å². The summed E-state index contributed by atoms with van der Waals surface area (Å²) in [7, 11) is 0. The summed E-state index contributed by atoms with van der Waals surface area (Å²) in [4.78, 5) is 16.9. The molecule has 1 aromatic carbocycles. The average molecular weight is 274 g/mol. The smallest absolute Gasteiger partial charge is 0.311 e. The Bertz CT molecular complexity index is 589. The zero-order valence-electron chi connectivity index (χ0n) is 11.1. The Morgan fingerprint density at radius 1 is 1.15 bits per heavy atom.